The second-order valence-electron chi connectivity index (χ2n) is 4.67. The summed E-state index contributed by atoms with van der Waals surface area (Å²) in [7, 11) is 0. The van der Waals surface area contributed by atoms with E-state index in [9.17, 15) is 9.18 Å². The Labute approximate surface area is 114 Å². The van der Waals surface area contributed by atoms with Gasteiger partial charge in [-0.3, -0.25) is 4.90 Å². The van der Waals surface area contributed by atoms with Crippen LogP contribution < -0.4 is 4.90 Å². The van der Waals surface area contributed by atoms with Gasteiger partial charge in [-0.25, -0.2) is 13.9 Å². The number of hydrogen-bond donors (Lipinski definition) is 0. The van der Waals surface area contributed by atoms with E-state index in [1.165, 1.54) is 11.0 Å². The SMILES string of the molecule is Cc1ccc(N2C[C@H](Cn3ccnn3)OC2=O)cc1F. The smallest absolute Gasteiger partial charge is 0.414 e. The van der Waals surface area contributed by atoms with Crippen LogP contribution in [0.25, 0.3) is 0 Å². The van der Waals surface area contributed by atoms with Crippen molar-refractivity contribution >= 4 is 11.8 Å². The molecule has 104 valence electrons. The van der Waals surface area contributed by atoms with Crippen LogP contribution in [-0.4, -0.2) is 33.7 Å². The van der Waals surface area contributed by atoms with Crippen LogP contribution >= 0.6 is 0 Å². The zero-order valence-electron chi connectivity index (χ0n) is 10.9. The lowest BCUT2D eigenvalue weighted by Gasteiger charge is -2.13. The van der Waals surface area contributed by atoms with Crippen LogP contribution in [0, 0.1) is 12.7 Å². The van der Waals surface area contributed by atoms with Gasteiger partial charge in [0.15, 0.2) is 0 Å². The Balaban J connectivity index is 1.75. The van der Waals surface area contributed by atoms with E-state index in [4.69, 9.17) is 4.74 Å². The van der Waals surface area contributed by atoms with Gasteiger partial charge in [-0.05, 0) is 24.6 Å². The van der Waals surface area contributed by atoms with Gasteiger partial charge in [-0.2, -0.15) is 0 Å². The summed E-state index contributed by atoms with van der Waals surface area (Å²) < 4.78 is 20.4. The van der Waals surface area contributed by atoms with Crippen molar-refractivity contribution in [1.82, 2.24) is 15.0 Å². The number of aryl methyl sites for hydroxylation is 1. The molecule has 20 heavy (non-hydrogen) atoms. The van der Waals surface area contributed by atoms with Crippen molar-refractivity contribution in [3.05, 3.63) is 42.0 Å². The topological polar surface area (TPSA) is 60.3 Å². The Morgan fingerprint density at radius 3 is 3.05 bits per heavy atom. The van der Waals surface area contributed by atoms with Crippen LogP contribution in [0.2, 0.25) is 0 Å². The number of halogens is 1. The lowest BCUT2D eigenvalue weighted by Crippen LogP contribution is -2.26. The van der Waals surface area contributed by atoms with Gasteiger partial charge in [0.1, 0.15) is 11.9 Å². The number of carbonyl (C=O) groups excluding carboxylic acids is 1. The summed E-state index contributed by atoms with van der Waals surface area (Å²) in [5.74, 6) is -0.338. The predicted molar refractivity (Wildman–Crippen MR) is 68.8 cm³/mol. The highest BCUT2D eigenvalue weighted by atomic mass is 19.1. The van der Waals surface area contributed by atoms with Crippen LogP contribution in [0.3, 0.4) is 0 Å². The minimum Gasteiger partial charge on any atom is -0.442 e. The molecule has 0 bridgehead atoms. The molecule has 1 atom stereocenters. The molecule has 2 heterocycles. The Morgan fingerprint density at radius 1 is 1.50 bits per heavy atom. The summed E-state index contributed by atoms with van der Waals surface area (Å²) in [6.45, 7) is 2.46. The molecule has 1 saturated heterocycles. The van der Waals surface area contributed by atoms with Crippen LogP contribution in [0.1, 0.15) is 5.56 Å². The molecule has 0 N–H and O–H groups in total. The fourth-order valence-corrected chi connectivity index (χ4v) is 2.12. The molecular weight excluding hydrogens is 263 g/mol. The van der Waals surface area contributed by atoms with Crippen molar-refractivity contribution < 1.29 is 13.9 Å². The van der Waals surface area contributed by atoms with E-state index in [2.05, 4.69) is 10.3 Å². The average molecular weight is 276 g/mol. The summed E-state index contributed by atoms with van der Waals surface area (Å²) in [4.78, 5) is 13.3. The normalized spacial score (nSPS) is 18.4. The fraction of sp³-hybridized carbons (Fsp3) is 0.308. The molecular formula is C13H13FN4O2. The molecule has 1 fully saturated rings. The van der Waals surface area contributed by atoms with Gasteiger partial charge in [0.2, 0.25) is 0 Å². The molecule has 1 aliphatic rings. The lowest BCUT2D eigenvalue weighted by molar-refractivity contribution is 0.129. The first kappa shape index (κ1) is 12.6. The fourth-order valence-electron chi connectivity index (χ4n) is 2.12. The number of benzene rings is 1. The van der Waals surface area contributed by atoms with Gasteiger partial charge in [-0.15, -0.1) is 5.10 Å². The first-order chi connectivity index (χ1) is 9.63. The van der Waals surface area contributed by atoms with Crippen molar-refractivity contribution in [3.8, 4) is 0 Å². The Kier molecular flexibility index (Phi) is 3.09. The first-order valence-corrected chi connectivity index (χ1v) is 6.22. The number of carbonyl (C=O) groups is 1. The van der Waals surface area contributed by atoms with E-state index in [0.29, 0.717) is 24.3 Å². The monoisotopic (exact) mass is 276 g/mol. The maximum absolute atomic E-state index is 13.6. The standard InChI is InChI=1S/C13H13FN4O2/c1-9-2-3-10(6-12(9)14)18-8-11(20-13(18)19)7-17-5-4-15-16-17/h2-6,11H,7-8H2,1H3/t11-/m0/s1. The van der Waals surface area contributed by atoms with E-state index in [-0.39, 0.29) is 11.9 Å². The number of cyclic esters (lactones) is 1. The van der Waals surface area contributed by atoms with Crippen molar-refractivity contribution in [3.63, 3.8) is 0 Å². The summed E-state index contributed by atoms with van der Waals surface area (Å²) in [5.41, 5.74) is 1.04. The third kappa shape index (κ3) is 2.34. The molecule has 1 aliphatic heterocycles. The quantitative estimate of drug-likeness (QED) is 0.857. The highest BCUT2D eigenvalue weighted by Gasteiger charge is 2.32. The molecule has 0 spiro atoms. The minimum atomic E-state index is -0.474. The number of nitrogens with zero attached hydrogens (tertiary/aromatic N) is 4. The molecule has 3 rings (SSSR count). The molecule has 0 radical (unpaired) electrons. The summed E-state index contributed by atoms with van der Waals surface area (Å²) in [5, 5.41) is 7.52. The van der Waals surface area contributed by atoms with E-state index >= 15 is 0 Å². The van der Waals surface area contributed by atoms with Gasteiger partial charge in [0.05, 0.1) is 25.0 Å². The minimum absolute atomic E-state index is 0.325. The summed E-state index contributed by atoms with van der Waals surface area (Å²) in [6, 6.07) is 4.69. The number of aromatic nitrogens is 3. The molecule has 7 heteroatoms. The summed E-state index contributed by atoms with van der Waals surface area (Å²) in [6.07, 6.45) is 2.46. The lowest BCUT2D eigenvalue weighted by atomic mass is 10.2. The Hall–Kier alpha value is -2.44. The van der Waals surface area contributed by atoms with Crippen molar-refractivity contribution in [1.29, 1.82) is 0 Å². The second-order valence-corrected chi connectivity index (χ2v) is 4.67. The Bertz CT molecular complexity index is 629. The van der Waals surface area contributed by atoms with E-state index in [0.717, 1.165) is 0 Å². The molecule has 0 saturated carbocycles. The predicted octanol–water partition coefficient (Wildman–Crippen LogP) is 1.75. The molecule has 6 nitrogen and oxygen atoms in total. The van der Waals surface area contributed by atoms with Gasteiger partial charge in [0, 0.05) is 6.20 Å². The molecule has 0 aliphatic carbocycles. The molecule has 2 aromatic rings. The van der Waals surface area contributed by atoms with Crippen molar-refractivity contribution in [2.45, 2.75) is 19.6 Å². The number of hydrogen-bond acceptors (Lipinski definition) is 4. The first-order valence-electron chi connectivity index (χ1n) is 6.22. The number of rotatable bonds is 3. The van der Waals surface area contributed by atoms with Gasteiger partial charge in [-0.1, -0.05) is 11.3 Å². The molecule has 0 unspecified atom stereocenters. The molecule has 1 amide bonds. The summed E-state index contributed by atoms with van der Waals surface area (Å²) >= 11 is 0. The number of ether oxygens (including phenoxy) is 1. The second kappa shape index (κ2) is 4.92. The highest BCUT2D eigenvalue weighted by Crippen LogP contribution is 2.24. The van der Waals surface area contributed by atoms with Gasteiger partial charge in [0.25, 0.3) is 0 Å². The largest absolute Gasteiger partial charge is 0.442 e. The molecule has 1 aromatic heterocycles. The Morgan fingerprint density at radius 2 is 2.35 bits per heavy atom. The molecule has 1 aromatic carbocycles. The van der Waals surface area contributed by atoms with Crippen LogP contribution in [0.4, 0.5) is 14.9 Å². The van der Waals surface area contributed by atoms with Gasteiger partial charge >= 0.3 is 6.09 Å². The van der Waals surface area contributed by atoms with Gasteiger partial charge < -0.3 is 4.74 Å². The number of amides is 1. The zero-order chi connectivity index (χ0) is 14.1. The zero-order valence-corrected chi connectivity index (χ0v) is 10.9. The van der Waals surface area contributed by atoms with E-state index < -0.39 is 6.09 Å². The van der Waals surface area contributed by atoms with Crippen molar-refractivity contribution in [2.75, 3.05) is 11.4 Å². The number of anilines is 1. The maximum Gasteiger partial charge on any atom is 0.414 e. The van der Waals surface area contributed by atoms with Crippen LogP contribution in [0.15, 0.2) is 30.6 Å². The van der Waals surface area contributed by atoms with E-state index in [1.807, 2.05) is 0 Å². The van der Waals surface area contributed by atoms with E-state index in [1.54, 1.807) is 36.1 Å². The van der Waals surface area contributed by atoms with Crippen molar-refractivity contribution in [2.24, 2.45) is 0 Å². The average Bonchev–Trinajstić information content (AvgIpc) is 3.03. The third-order valence-corrected chi connectivity index (χ3v) is 3.20. The third-order valence-electron chi connectivity index (χ3n) is 3.20. The maximum atomic E-state index is 13.6. The highest BCUT2D eigenvalue weighted by molar-refractivity contribution is 5.89. The van der Waals surface area contributed by atoms with Crippen LogP contribution in [0.5, 0.6) is 0 Å². The van der Waals surface area contributed by atoms with Crippen LogP contribution in [-0.2, 0) is 11.3 Å².